The molecule has 3 unspecified atom stereocenters. The van der Waals surface area contributed by atoms with E-state index in [1.807, 2.05) is 6.07 Å². The Labute approximate surface area is 114 Å². The van der Waals surface area contributed by atoms with Crippen molar-refractivity contribution in [1.82, 2.24) is 4.90 Å². The maximum atomic E-state index is 13.6. The Bertz CT molecular complexity index is 413. The molecule has 3 N–H and O–H groups in total. The van der Waals surface area contributed by atoms with Crippen LogP contribution >= 0.6 is 0 Å². The summed E-state index contributed by atoms with van der Waals surface area (Å²) in [6.45, 7) is 4.71. The number of hydrogen-bond acceptors (Lipinski definition) is 3. The highest BCUT2D eigenvalue weighted by atomic mass is 19.1. The van der Waals surface area contributed by atoms with E-state index in [1.54, 1.807) is 12.1 Å². The van der Waals surface area contributed by atoms with E-state index in [0.717, 1.165) is 32.5 Å². The molecule has 0 bridgehead atoms. The molecule has 106 valence electrons. The van der Waals surface area contributed by atoms with Crippen LogP contribution in [0.2, 0.25) is 0 Å². The molecule has 3 nitrogen and oxygen atoms in total. The van der Waals surface area contributed by atoms with E-state index in [9.17, 15) is 9.50 Å². The van der Waals surface area contributed by atoms with Gasteiger partial charge in [-0.05, 0) is 31.4 Å². The lowest BCUT2D eigenvalue weighted by Crippen LogP contribution is -2.42. The minimum absolute atomic E-state index is 0.184. The second-order valence-electron chi connectivity index (χ2n) is 5.55. The van der Waals surface area contributed by atoms with Crippen LogP contribution in [0, 0.1) is 11.7 Å². The normalized spacial score (nSPS) is 26.3. The van der Waals surface area contributed by atoms with Crippen molar-refractivity contribution in [2.75, 3.05) is 19.6 Å². The predicted octanol–water partition coefficient (Wildman–Crippen LogP) is 1.92. The van der Waals surface area contributed by atoms with Crippen LogP contribution in [0.5, 0.6) is 0 Å². The Hall–Kier alpha value is -0.970. The molecule has 0 aromatic heterocycles. The summed E-state index contributed by atoms with van der Waals surface area (Å²) in [5.41, 5.74) is 6.65. The Morgan fingerprint density at radius 2 is 2.21 bits per heavy atom. The summed E-state index contributed by atoms with van der Waals surface area (Å²) in [4.78, 5) is 2.30. The van der Waals surface area contributed by atoms with Gasteiger partial charge in [-0.15, -0.1) is 0 Å². The molecular formula is C15H23FN2O. The van der Waals surface area contributed by atoms with Crippen molar-refractivity contribution < 1.29 is 9.50 Å². The number of halogens is 1. The molecule has 2 rings (SSSR count). The number of hydrogen-bond donors (Lipinski definition) is 2. The van der Waals surface area contributed by atoms with Crippen molar-refractivity contribution >= 4 is 0 Å². The summed E-state index contributed by atoms with van der Waals surface area (Å²) in [5, 5.41) is 9.69. The van der Waals surface area contributed by atoms with Gasteiger partial charge in [0.15, 0.2) is 0 Å². The molecular weight excluding hydrogens is 243 g/mol. The van der Waals surface area contributed by atoms with Gasteiger partial charge in [-0.3, -0.25) is 0 Å². The van der Waals surface area contributed by atoms with E-state index in [0.29, 0.717) is 11.5 Å². The van der Waals surface area contributed by atoms with Crippen molar-refractivity contribution in [1.29, 1.82) is 0 Å². The number of benzene rings is 1. The quantitative estimate of drug-likeness (QED) is 0.875. The SMILES string of the molecule is CC1CN(CCC(N)c2ccccc2F)CCC1O. The van der Waals surface area contributed by atoms with E-state index in [1.165, 1.54) is 6.07 Å². The Balaban J connectivity index is 1.84. The van der Waals surface area contributed by atoms with Gasteiger partial charge in [-0.25, -0.2) is 4.39 Å². The van der Waals surface area contributed by atoms with Crippen molar-refractivity contribution in [3.63, 3.8) is 0 Å². The molecule has 1 aliphatic rings. The highest BCUT2D eigenvalue weighted by Gasteiger charge is 2.24. The molecule has 1 saturated heterocycles. The number of nitrogens with zero attached hydrogens (tertiary/aromatic N) is 1. The molecule has 1 heterocycles. The maximum Gasteiger partial charge on any atom is 0.127 e. The zero-order valence-electron chi connectivity index (χ0n) is 11.4. The molecule has 1 aromatic rings. The van der Waals surface area contributed by atoms with Crippen LogP contribution in [-0.2, 0) is 0 Å². The summed E-state index contributed by atoms with van der Waals surface area (Å²) in [6.07, 6.45) is 1.37. The van der Waals surface area contributed by atoms with Gasteiger partial charge >= 0.3 is 0 Å². The van der Waals surface area contributed by atoms with Crippen LogP contribution in [-0.4, -0.2) is 35.7 Å². The predicted molar refractivity (Wildman–Crippen MR) is 74.2 cm³/mol. The molecule has 3 atom stereocenters. The van der Waals surface area contributed by atoms with Crippen molar-refractivity contribution in [2.45, 2.75) is 31.9 Å². The molecule has 0 spiro atoms. The summed E-state index contributed by atoms with van der Waals surface area (Å²) >= 11 is 0. The van der Waals surface area contributed by atoms with Crippen molar-refractivity contribution in [3.05, 3.63) is 35.6 Å². The van der Waals surface area contributed by atoms with Crippen molar-refractivity contribution in [3.8, 4) is 0 Å². The van der Waals surface area contributed by atoms with Gasteiger partial charge < -0.3 is 15.7 Å². The number of likely N-dealkylation sites (tertiary alicyclic amines) is 1. The number of aliphatic hydroxyl groups is 1. The average molecular weight is 266 g/mol. The zero-order valence-corrected chi connectivity index (χ0v) is 11.4. The maximum absolute atomic E-state index is 13.6. The minimum atomic E-state index is -0.261. The summed E-state index contributed by atoms with van der Waals surface area (Å²) < 4.78 is 13.6. The van der Waals surface area contributed by atoms with E-state index in [2.05, 4.69) is 11.8 Å². The molecule has 0 amide bonds. The van der Waals surface area contributed by atoms with E-state index < -0.39 is 0 Å². The van der Waals surface area contributed by atoms with E-state index in [4.69, 9.17) is 5.73 Å². The molecule has 1 aromatic carbocycles. The standard InChI is InChI=1S/C15H23FN2O/c1-11-10-18(9-7-15(11)19)8-6-14(17)12-4-2-3-5-13(12)16/h2-5,11,14-15,19H,6-10,17H2,1H3. The summed E-state index contributed by atoms with van der Waals surface area (Å²) in [6, 6.07) is 6.44. The highest BCUT2D eigenvalue weighted by Crippen LogP contribution is 2.20. The smallest absolute Gasteiger partial charge is 0.127 e. The first kappa shape index (κ1) is 14.4. The summed E-state index contributed by atoms with van der Waals surface area (Å²) in [7, 11) is 0. The van der Waals surface area contributed by atoms with Crippen LogP contribution in [0.15, 0.2) is 24.3 Å². The zero-order chi connectivity index (χ0) is 13.8. The Morgan fingerprint density at radius 3 is 2.89 bits per heavy atom. The lowest BCUT2D eigenvalue weighted by atomic mass is 9.96. The van der Waals surface area contributed by atoms with E-state index >= 15 is 0 Å². The molecule has 1 fully saturated rings. The third-order valence-corrected chi connectivity index (χ3v) is 4.01. The highest BCUT2D eigenvalue weighted by molar-refractivity contribution is 5.20. The Morgan fingerprint density at radius 1 is 1.47 bits per heavy atom. The fourth-order valence-electron chi connectivity index (χ4n) is 2.68. The second-order valence-corrected chi connectivity index (χ2v) is 5.55. The fourth-order valence-corrected chi connectivity index (χ4v) is 2.68. The minimum Gasteiger partial charge on any atom is -0.393 e. The van der Waals surface area contributed by atoms with Gasteiger partial charge in [0.2, 0.25) is 0 Å². The topological polar surface area (TPSA) is 49.5 Å². The Kier molecular flexibility index (Phi) is 4.91. The van der Waals surface area contributed by atoms with Gasteiger partial charge in [0.05, 0.1) is 6.10 Å². The monoisotopic (exact) mass is 266 g/mol. The first-order chi connectivity index (χ1) is 9.08. The largest absolute Gasteiger partial charge is 0.393 e. The summed E-state index contributed by atoms with van der Waals surface area (Å²) in [5.74, 6) is 0.0795. The second kappa shape index (κ2) is 6.46. The van der Waals surface area contributed by atoms with E-state index in [-0.39, 0.29) is 18.0 Å². The molecule has 0 radical (unpaired) electrons. The number of aliphatic hydroxyl groups excluding tert-OH is 1. The van der Waals surface area contributed by atoms with Gasteiger partial charge in [0.25, 0.3) is 0 Å². The van der Waals surface area contributed by atoms with Crippen LogP contribution < -0.4 is 5.73 Å². The first-order valence-corrected chi connectivity index (χ1v) is 6.98. The van der Waals surface area contributed by atoms with Gasteiger partial charge in [-0.1, -0.05) is 25.1 Å². The molecule has 4 heteroatoms. The van der Waals surface area contributed by atoms with Gasteiger partial charge in [-0.2, -0.15) is 0 Å². The third kappa shape index (κ3) is 3.75. The number of rotatable bonds is 4. The van der Waals surface area contributed by atoms with Crippen molar-refractivity contribution in [2.24, 2.45) is 11.7 Å². The molecule has 19 heavy (non-hydrogen) atoms. The fraction of sp³-hybridized carbons (Fsp3) is 0.600. The number of piperidine rings is 1. The third-order valence-electron chi connectivity index (χ3n) is 4.01. The van der Waals surface area contributed by atoms with Gasteiger partial charge in [0, 0.05) is 24.7 Å². The van der Waals surface area contributed by atoms with Gasteiger partial charge in [0.1, 0.15) is 5.82 Å². The van der Waals surface area contributed by atoms with Crippen LogP contribution in [0.25, 0.3) is 0 Å². The average Bonchev–Trinajstić information content (AvgIpc) is 2.40. The van der Waals surface area contributed by atoms with Crippen LogP contribution in [0.3, 0.4) is 0 Å². The number of nitrogens with two attached hydrogens (primary N) is 1. The molecule has 0 aliphatic carbocycles. The van der Waals surface area contributed by atoms with Crippen LogP contribution in [0.1, 0.15) is 31.4 Å². The molecule has 1 aliphatic heterocycles. The lowest BCUT2D eigenvalue weighted by molar-refractivity contribution is 0.0341. The van der Waals surface area contributed by atoms with Crippen LogP contribution in [0.4, 0.5) is 4.39 Å². The molecule has 0 saturated carbocycles. The first-order valence-electron chi connectivity index (χ1n) is 6.98. The lowest BCUT2D eigenvalue weighted by Gasteiger charge is -2.34.